The molecule has 1 aromatic heterocycles. The number of benzene rings is 1. The number of halogens is 1. The lowest BCUT2D eigenvalue weighted by molar-refractivity contribution is 0.616. The van der Waals surface area contributed by atoms with Gasteiger partial charge in [0.1, 0.15) is 5.82 Å². The fourth-order valence-corrected chi connectivity index (χ4v) is 1.93. The number of aryl methyl sites for hydroxylation is 1. The highest BCUT2D eigenvalue weighted by molar-refractivity contribution is 7.08. The van der Waals surface area contributed by atoms with Crippen LogP contribution in [0.15, 0.2) is 35.0 Å². The van der Waals surface area contributed by atoms with Gasteiger partial charge in [0.2, 0.25) is 0 Å². The summed E-state index contributed by atoms with van der Waals surface area (Å²) in [5.74, 6) is -0.139. The summed E-state index contributed by atoms with van der Waals surface area (Å²) in [6, 6.07) is 7.33. The van der Waals surface area contributed by atoms with Crippen molar-refractivity contribution in [1.29, 1.82) is 0 Å². The van der Waals surface area contributed by atoms with Crippen LogP contribution in [0.1, 0.15) is 11.1 Å². The second kappa shape index (κ2) is 4.45. The van der Waals surface area contributed by atoms with Crippen LogP contribution in [0.4, 0.5) is 10.1 Å². The van der Waals surface area contributed by atoms with Gasteiger partial charge in [0.15, 0.2) is 0 Å². The Morgan fingerprint density at radius 2 is 2.20 bits per heavy atom. The molecule has 1 heterocycles. The summed E-state index contributed by atoms with van der Waals surface area (Å²) >= 11 is 1.64. The Balaban J connectivity index is 2.02. The molecule has 0 fully saturated rings. The standard InChI is InChI=1S/C12H12FNS/c1-9-2-3-10(6-12(9)13)7-14-11-4-5-15-8-11/h2-6,8,14H,7H2,1H3. The van der Waals surface area contributed by atoms with E-state index in [-0.39, 0.29) is 5.82 Å². The monoisotopic (exact) mass is 221 g/mol. The molecule has 0 radical (unpaired) electrons. The van der Waals surface area contributed by atoms with E-state index in [1.807, 2.05) is 22.9 Å². The Bertz CT molecular complexity index is 437. The predicted octanol–water partition coefficient (Wildman–Crippen LogP) is 3.81. The van der Waals surface area contributed by atoms with Gasteiger partial charge in [-0.05, 0) is 35.6 Å². The van der Waals surface area contributed by atoms with Gasteiger partial charge in [0, 0.05) is 17.6 Å². The van der Waals surface area contributed by atoms with Gasteiger partial charge < -0.3 is 5.32 Å². The van der Waals surface area contributed by atoms with Crippen molar-refractivity contribution in [3.8, 4) is 0 Å². The first-order valence-electron chi connectivity index (χ1n) is 4.77. The predicted molar refractivity (Wildman–Crippen MR) is 62.8 cm³/mol. The molecule has 0 aliphatic carbocycles. The first-order valence-corrected chi connectivity index (χ1v) is 5.71. The highest BCUT2D eigenvalue weighted by Gasteiger charge is 1.99. The molecule has 0 aliphatic heterocycles. The maximum absolute atomic E-state index is 13.2. The van der Waals surface area contributed by atoms with Crippen molar-refractivity contribution in [2.45, 2.75) is 13.5 Å². The van der Waals surface area contributed by atoms with Crippen molar-refractivity contribution in [3.05, 3.63) is 52.0 Å². The molecule has 15 heavy (non-hydrogen) atoms. The average Bonchev–Trinajstić information content (AvgIpc) is 2.73. The third kappa shape index (κ3) is 2.57. The molecule has 0 unspecified atom stereocenters. The van der Waals surface area contributed by atoms with Gasteiger partial charge in [-0.3, -0.25) is 0 Å². The molecule has 0 saturated carbocycles. The molecule has 0 aliphatic rings. The molecule has 0 amide bonds. The lowest BCUT2D eigenvalue weighted by Gasteiger charge is -2.05. The molecule has 1 N–H and O–H groups in total. The van der Waals surface area contributed by atoms with E-state index < -0.39 is 0 Å². The number of nitrogens with one attached hydrogen (secondary N) is 1. The molecular formula is C12H12FNS. The van der Waals surface area contributed by atoms with E-state index in [1.54, 1.807) is 30.4 Å². The van der Waals surface area contributed by atoms with Crippen LogP contribution in [0.2, 0.25) is 0 Å². The summed E-state index contributed by atoms with van der Waals surface area (Å²) in [6.45, 7) is 2.43. The Labute approximate surface area is 92.6 Å². The topological polar surface area (TPSA) is 12.0 Å². The lowest BCUT2D eigenvalue weighted by Crippen LogP contribution is -1.99. The first kappa shape index (κ1) is 10.2. The van der Waals surface area contributed by atoms with Crippen LogP contribution in [-0.4, -0.2) is 0 Å². The largest absolute Gasteiger partial charge is 0.380 e. The average molecular weight is 221 g/mol. The zero-order valence-corrected chi connectivity index (χ0v) is 9.27. The highest BCUT2D eigenvalue weighted by atomic mass is 32.1. The molecule has 0 saturated heterocycles. The fourth-order valence-electron chi connectivity index (χ4n) is 1.32. The zero-order chi connectivity index (χ0) is 10.7. The summed E-state index contributed by atoms with van der Waals surface area (Å²) in [7, 11) is 0. The van der Waals surface area contributed by atoms with Crippen LogP contribution in [0.3, 0.4) is 0 Å². The van der Waals surface area contributed by atoms with Crippen LogP contribution in [0, 0.1) is 12.7 Å². The van der Waals surface area contributed by atoms with Crippen molar-refractivity contribution >= 4 is 17.0 Å². The normalized spacial score (nSPS) is 10.3. The second-order valence-corrected chi connectivity index (χ2v) is 4.23. The Kier molecular flexibility index (Phi) is 3.02. The molecule has 78 valence electrons. The van der Waals surface area contributed by atoms with Crippen LogP contribution >= 0.6 is 11.3 Å². The third-order valence-corrected chi connectivity index (χ3v) is 2.94. The van der Waals surface area contributed by atoms with Gasteiger partial charge in [-0.2, -0.15) is 11.3 Å². The van der Waals surface area contributed by atoms with Crippen molar-refractivity contribution in [1.82, 2.24) is 0 Å². The van der Waals surface area contributed by atoms with Crippen LogP contribution in [0.25, 0.3) is 0 Å². The lowest BCUT2D eigenvalue weighted by atomic mass is 10.1. The number of anilines is 1. The summed E-state index contributed by atoms with van der Waals surface area (Å²) in [5.41, 5.74) is 2.74. The van der Waals surface area contributed by atoms with Crippen LogP contribution in [-0.2, 0) is 6.54 Å². The number of hydrogen-bond donors (Lipinski definition) is 1. The van der Waals surface area contributed by atoms with Gasteiger partial charge in [0.05, 0.1) is 0 Å². The van der Waals surface area contributed by atoms with E-state index in [2.05, 4.69) is 5.32 Å². The summed E-state index contributed by atoms with van der Waals surface area (Å²) in [5, 5.41) is 7.28. The van der Waals surface area contributed by atoms with Gasteiger partial charge in [-0.1, -0.05) is 12.1 Å². The van der Waals surface area contributed by atoms with E-state index in [1.165, 1.54) is 0 Å². The second-order valence-electron chi connectivity index (χ2n) is 3.45. The van der Waals surface area contributed by atoms with Gasteiger partial charge in [-0.25, -0.2) is 4.39 Å². The van der Waals surface area contributed by atoms with E-state index in [4.69, 9.17) is 0 Å². The van der Waals surface area contributed by atoms with Crippen molar-refractivity contribution in [3.63, 3.8) is 0 Å². The molecule has 0 atom stereocenters. The van der Waals surface area contributed by atoms with Gasteiger partial charge in [0.25, 0.3) is 0 Å². The highest BCUT2D eigenvalue weighted by Crippen LogP contribution is 2.14. The van der Waals surface area contributed by atoms with Gasteiger partial charge in [-0.15, -0.1) is 0 Å². The van der Waals surface area contributed by atoms with Crippen molar-refractivity contribution in [2.75, 3.05) is 5.32 Å². The number of rotatable bonds is 3. The maximum atomic E-state index is 13.2. The minimum Gasteiger partial charge on any atom is -0.380 e. The molecule has 2 aromatic rings. The number of hydrogen-bond acceptors (Lipinski definition) is 2. The third-order valence-electron chi connectivity index (χ3n) is 2.25. The SMILES string of the molecule is Cc1ccc(CNc2ccsc2)cc1F. The molecule has 3 heteroatoms. The molecular weight excluding hydrogens is 209 g/mol. The van der Waals surface area contributed by atoms with Crippen molar-refractivity contribution in [2.24, 2.45) is 0 Å². The quantitative estimate of drug-likeness (QED) is 0.831. The molecule has 2 rings (SSSR count). The van der Waals surface area contributed by atoms with E-state index in [0.717, 1.165) is 11.3 Å². The Morgan fingerprint density at radius 1 is 1.33 bits per heavy atom. The van der Waals surface area contributed by atoms with Crippen LogP contribution in [0.5, 0.6) is 0 Å². The maximum Gasteiger partial charge on any atom is 0.126 e. The fraction of sp³-hybridized carbons (Fsp3) is 0.167. The molecule has 0 spiro atoms. The Hall–Kier alpha value is -1.35. The van der Waals surface area contributed by atoms with E-state index >= 15 is 0 Å². The van der Waals surface area contributed by atoms with Gasteiger partial charge >= 0.3 is 0 Å². The van der Waals surface area contributed by atoms with E-state index in [9.17, 15) is 4.39 Å². The summed E-state index contributed by atoms with van der Waals surface area (Å²) in [6.07, 6.45) is 0. The minimum absolute atomic E-state index is 0.139. The smallest absolute Gasteiger partial charge is 0.126 e. The molecule has 1 nitrogen and oxygen atoms in total. The van der Waals surface area contributed by atoms with Crippen molar-refractivity contribution < 1.29 is 4.39 Å². The summed E-state index contributed by atoms with van der Waals surface area (Å²) in [4.78, 5) is 0. The minimum atomic E-state index is -0.139. The van der Waals surface area contributed by atoms with Crippen LogP contribution < -0.4 is 5.32 Å². The molecule has 1 aromatic carbocycles. The van der Waals surface area contributed by atoms with E-state index in [0.29, 0.717) is 12.1 Å². The Morgan fingerprint density at radius 3 is 2.87 bits per heavy atom. The first-order chi connectivity index (χ1) is 7.25. The summed E-state index contributed by atoms with van der Waals surface area (Å²) < 4.78 is 13.2. The number of thiophene rings is 1. The molecule has 0 bridgehead atoms. The zero-order valence-electron chi connectivity index (χ0n) is 8.46.